The van der Waals surface area contributed by atoms with Gasteiger partial charge in [-0.1, -0.05) is 20.8 Å². The Hall–Kier alpha value is -0.570. The zero-order valence-electron chi connectivity index (χ0n) is 7.81. The van der Waals surface area contributed by atoms with Gasteiger partial charge in [0.2, 0.25) is 0 Å². The second-order valence-electron chi connectivity index (χ2n) is 3.74. The summed E-state index contributed by atoms with van der Waals surface area (Å²) in [5.74, 6) is 0.562. The highest BCUT2D eigenvalue weighted by Gasteiger charge is 2.19. The number of nitrogens with one attached hydrogen (secondary N) is 1. The van der Waals surface area contributed by atoms with Gasteiger partial charge in [-0.15, -0.1) is 0 Å². The van der Waals surface area contributed by atoms with Gasteiger partial charge in [-0.25, -0.2) is 0 Å². The van der Waals surface area contributed by atoms with Gasteiger partial charge >= 0.3 is 0 Å². The summed E-state index contributed by atoms with van der Waals surface area (Å²) in [6, 6.07) is 0. The van der Waals surface area contributed by atoms with Crippen molar-refractivity contribution >= 4 is 5.84 Å². The highest BCUT2D eigenvalue weighted by atomic mass is 16.3. The first-order valence-corrected chi connectivity index (χ1v) is 3.80. The molecule has 3 nitrogen and oxygen atoms in total. The molecular weight excluding hydrogens is 140 g/mol. The fraction of sp³-hybridized carbons (Fsp3) is 0.875. The van der Waals surface area contributed by atoms with Gasteiger partial charge in [0.1, 0.15) is 5.84 Å². The number of likely N-dealkylation sites (N-methyl/N-ethyl adjacent to an activating group) is 1. The largest absolute Gasteiger partial charge is 0.395 e. The van der Waals surface area contributed by atoms with Crippen LogP contribution in [0, 0.1) is 10.8 Å². The molecule has 11 heavy (non-hydrogen) atoms. The van der Waals surface area contributed by atoms with Crippen molar-refractivity contribution in [1.29, 1.82) is 5.41 Å². The van der Waals surface area contributed by atoms with Crippen LogP contribution in [0.4, 0.5) is 0 Å². The van der Waals surface area contributed by atoms with Crippen LogP contribution in [0.15, 0.2) is 0 Å². The number of rotatable bonds is 2. The van der Waals surface area contributed by atoms with Gasteiger partial charge in [0, 0.05) is 19.0 Å². The molecule has 0 aliphatic carbocycles. The Labute approximate surface area is 68.5 Å². The van der Waals surface area contributed by atoms with Gasteiger partial charge in [0.05, 0.1) is 6.61 Å². The number of nitrogens with zero attached hydrogens (tertiary/aromatic N) is 1. The zero-order valence-corrected chi connectivity index (χ0v) is 7.81. The lowest BCUT2D eigenvalue weighted by molar-refractivity contribution is 0.256. The average molecular weight is 158 g/mol. The van der Waals surface area contributed by atoms with Crippen molar-refractivity contribution in [1.82, 2.24) is 4.90 Å². The molecule has 0 heterocycles. The van der Waals surface area contributed by atoms with E-state index in [4.69, 9.17) is 10.5 Å². The first kappa shape index (κ1) is 10.4. The summed E-state index contributed by atoms with van der Waals surface area (Å²) in [4.78, 5) is 1.76. The van der Waals surface area contributed by atoms with Crippen molar-refractivity contribution in [2.75, 3.05) is 20.2 Å². The lowest BCUT2D eigenvalue weighted by Gasteiger charge is -2.28. The Balaban J connectivity index is 4.03. The molecule has 0 aliphatic rings. The lowest BCUT2D eigenvalue weighted by atomic mass is 9.94. The Morgan fingerprint density at radius 2 is 1.91 bits per heavy atom. The van der Waals surface area contributed by atoms with Gasteiger partial charge < -0.3 is 10.0 Å². The number of aliphatic hydroxyl groups excluding tert-OH is 1. The predicted octanol–water partition coefficient (Wildman–Crippen LogP) is 0.934. The van der Waals surface area contributed by atoms with E-state index in [-0.39, 0.29) is 12.0 Å². The van der Waals surface area contributed by atoms with Crippen LogP contribution in [-0.4, -0.2) is 36.0 Å². The minimum Gasteiger partial charge on any atom is -0.395 e. The highest BCUT2D eigenvalue weighted by molar-refractivity contribution is 5.83. The molecule has 0 amide bonds. The molecule has 0 radical (unpaired) electrons. The number of hydrogen-bond donors (Lipinski definition) is 2. The van der Waals surface area contributed by atoms with Crippen LogP contribution >= 0.6 is 0 Å². The zero-order chi connectivity index (χ0) is 9.07. The van der Waals surface area contributed by atoms with E-state index in [1.54, 1.807) is 4.90 Å². The Morgan fingerprint density at radius 1 is 1.45 bits per heavy atom. The molecule has 0 unspecified atom stereocenters. The van der Waals surface area contributed by atoms with Crippen molar-refractivity contribution < 1.29 is 5.11 Å². The summed E-state index contributed by atoms with van der Waals surface area (Å²) in [6.07, 6.45) is 0. The molecule has 0 aromatic carbocycles. The van der Waals surface area contributed by atoms with Crippen LogP contribution in [0.2, 0.25) is 0 Å². The van der Waals surface area contributed by atoms with Crippen molar-refractivity contribution in [3.63, 3.8) is 0 Å². The lowest BCUT2D eigenvalue weighted by Crippen LogP contribution is -2.37. The second kappa shape index (κ2) is 3.72. The number of hydrogen-bond acceptors (Lipinski definition) is 2. The van der Waals surface area contributed by atoms with E-state index < -0.39 is 0 Å². The van der Waals surface area contributed by atoms with Gasteiger partial charge in [0.15, 0.2) is 0 Å². The Bertz CT molecular complexity index is 138. The van der Waals surface area contributed by atoms with E-state index in [1.807, 2.05) is 27.8 Å². The molecule has 0 saturated heterocycles. The molecular formula is C8H18N2O. The summed E-state index contributed by atoms with van der Waals surface area (Å²) in [5.41, 5.74) is -0.121. The molecule has 3 heteroatoms. The van der Waals surface area contributed by atoms with E-state index in [9.17, 15) is 0 Å². The fourth-order valence-corrected chi connectivity index (χ4v) is 0.834. The van der Waals surface area contributed by atoms with Crippen LogP contribution in [0.3, 0.4) is 0 Å². The predicted molar refractivity (Wildman–Crippen MR) is 46.9 cm³/mol. The molecule has 0 bridgehead atoms. The molecule has 0 atom stereocenters. The van der Waals surface area contributed by atoms with E-state index >= 15 is 0 Å². The third-order valence-electron chi connectivity index (χ3n) is 1.53. The van der Waals surface area contributed by atoms with Crippen LogP contribution in [-0.2, 0) is 0 Å². The fourth-order valence-electron chi connectivity index (χ4n) is 0.834. The average Bonchev–Trinajstić information content (AvgIpc) is 1.85. The first-order chi connectivity index (χ1) is 4.89. The van der Waals surface area contributed by atoms with Crippen LogP contribution in [0.25, 0.3) is 0 Å². The third kappa shape index (κ3) is 3.37. The van der Waals surface area contributed by atoms with Gasteiger partial charge in [-0.2, -0.15) is 0 Å². The Morgan fingerprint density at radius 3 is 2.18 bits per heavy atom. The van der Waals surface area contributed by atoms with E-state index in [0.717, 1.165) is 0 Å². The molecule has 0 aliphatic heterocycles. The van der Waals surface area contributed by atoms with Crippen LogP contribution in [0.5, 0.6) is 0 Å². The van der Waals surface area contributed by atoms with Gasteiger partial charge in [-0.3, -0.25) is 5.41 Å². The molecule has 0 aromatic rings. The van der Waals surface area contributed by atoms with E-state index in [2.05, 4.69) is 0 Å². The minimum absolute atomic E-state index is 0.106. The van der Waals surface area contributed by atoms with Crippen molar-refractivity contribution in [3.05, 3.63) is 0 Å². The van der Waals surface area contributed by atoms with Crippen LogP contribution in [0.1, 0.15) is 20.8 Å². The summed E-state index contributed by atoms with van der Waals surface area (Å²) < 4.78 is 0. The van der Waals surface area contributed by atoms with Crippen LogP contribution < -0.4 is 0 Å². The highest BCUT2D eigenvalue weighted by Crippen LogP contribution is 2.16. The van der Waals surface area contributed by atoms with Crippen molar-refractivity contribution in [2.45, 2.75) is 20.8 Å². The monoisotopic (exact) mass is 158 g/mol. The molecule has 0 saturated carbocycles. The summed E-state index contributed by atoms with van der Waals surface area (Å²) >= 11 is 0. The van der Waals surface area contributed by atoms with E-state index in [1.165, 1.54) is 0 Å². The molecule has 0 aromatic heterocycles. The molecule has 2 N–H and O–H groups in total. The summed E-state index contributed by atoms with van der Waals surface area (Å²) in [6.45, 7) is 6.61. The number of amidine groups is 1. The van der Waals surface area contributed by atoms with Crippen molar-refractivity contribution in [3.8, 4) is 0 Å². The third-order valence-corrected chi connectivity index (χ3v) is 1.53. The molecule has 0 fully saturated rings. The summed E-state index contributed by atoms with van der Waals surface area (Å²) in [5, 5.41) is 16.3. The quantitative estimate of drug-likeness (QED) is 0.464. The first-order valence-electron chi connectivity index (χ1n) is 3.80. The van der Waals surface area contributed by atoms with Crippen molar-refractivity contribution in [2.24, 2.45) is 5.41 Å². The molecule has 0 rings (SSSR count). The Kier molecular flexibility index (Phi) is 3.52. The smallest absolute Gasteiger partial charge is 0.101 e. The van der Waals surface area contributed by atoms with E-state index in [0.29, 0.717) is 12.4 Å². The standard InChI is InChI=1S/C8H18N2O/c1-8(2,3)7(9)10(4)5-6-11/h9,11H,5-6H2,1-4H3. The summed E-state index contributed by atoms with van der Waals surface area (Å²) in [7, 11) is 1.82. The normalized spacial score (nSPS) is 11.4. The number of aliphatic hydroxyl groups is 1. The maximum atomic E-state index is 8.61. The van der Waals surface area contributed by atoms with Gasteiger partial charge in [-0.05, 0) is 0 Å². The SMILES string of the molecule is CN(CCO)C(=N)C(C)(C)C. The maximum Gasteiger partial charge on any atom is 0.101 e. The molecule has 66 valence electrons. The second-order valence-corrected chi connectivity index (χ2v) is 3.74. The van der Waals surface area contributed by atoms with Gasteiger partial charge in [0.25, 0.3) is 0 Å². The topological polar surface area (TPSA) is 47.3 Å². The molecule has 0 spiro atoms. The maximum absolute atomic E-state index is 8.61. The minimum atomic E-state index is -0.121.